The molecule has 0 N–H and O–H groups in total. The summed E-state index contributed by atoms with van der Waals surface area (Å²) in [6, 6.07) is 20.1. The van der Waals surface area contributed by atoms with Crippen LogP contribution in [0.2, 0.25) is 0 Å². The molecule has 0 unspecified atom stereocenters. The molecule has 1 saturated heterocycles. The van der Waals surface area contributed by atoms with Gasteiger partial charge in [-0.2, -0.15) is 0 Å². The minimum absolute atomic E-state index is 0.00675. The van der Waals surface area contributed by atoms with Crippen LogP contribution in [-0.2, 0) is 9.59 Å². The van der Waals surface area contributed by atoms with Crippen LogP contribution < -0.4 is 9.64 Å². The van der Waals surface area contributed by atoms with Crippen molar-refractivity contribution in [3.63, 3.8) is 0 Å². The number of rotatable bonds is 3. The van der Waals surface area contributed by atoms with E-state index in [0.29, 0.717) is 0 Å². The van der Waals surface area contributed by atoms with E-state index in [0.717, 1.165) is 27.2 Å². The van der Waals surface area contributed by atoms with Gasteiger partial charge in [0.2, 0.25) is 11.8 Å². The van der Waals surface area contributed by atoms with E-state index in [2.05, 4.69) is 0 Å². The third-order valence-corrected chi connectivity index (χ3v) is 7.07. The van der Waals surface area contributed by atoms with Crippen LogP contribution in [0, 0.1) is 22.0 Å². The van der Waals surface area contributed by atoms with Crippen LogP contribution in [0.5, 0.6) is 5.75 Å². The molecule has 7 heteroatoms. The lowest BCUT2D eigenvalue weighted by Gasteiger charge is -2.45. The van der Waals surface area contributed by atoms with E-state index in [-0.39, 0.29) is 40.8 Å². The zero-order chi connectivity index (χ0) is 22.1. The smallest absolute Gasteiger partial charge is 0.297 e. The van der Waals surface area contributed by atoms with Crippen molar-refractivity contribution >= 4 is 23.2 Å². The van der Waals surface area contributed by atoms with Gasteiger partial charge in [0, 0.05) is 11.8 Å². The van der Waals surface area contributed by atoms with Gasteiger partial charge in [0.25, 0.3) is 5.69 Å². The number of hydrogen-bond donors (Lipinski definition) is 0. The molecule has 0 spiro atoms. The predicted octanol–water partition coefficient (Wildman–Crippen LogP) is 4.00. The predicted molar refractivity (Wildman–Crippen MR) is 116 cm³/mol. The van der Waals surface area contributed by atoms with E-state index in [1.807, 2.05) is 48.5 Å². The lowest BCUT2D eigenvalue weighted by atomic mass is 9.55. The molecule has 0 radical (unpaired) electrons. The van der Waals surface area contributed by atoms with Gasteiger partial charge in [-0.05, 0) is 34.4 Å². The normalized spacial score (nSPS) is 24.7. The third kappa shape index (κ3) is 2.25. The molecule has 2 amide bonds. The molecular formula is C25H18N2O5. The lowest BCUT2D eigenvalue weighted by Crippen LogP contribution is -2.41. The first kappa shape index (κ1) is 18.7. The second-order valence-corrected chi connectivity index (χ2v) is 8.39. The van der Waals surface area contributed by atoms with Crippen molar-refractivity contribution in [1.29, 1.82) is 0 Å². The van der Waals surface area contributed by atoms with Crippen molar-refractivity contribution in [3.8, 4) is 5.75 Å². The highest BCUT2D eigenvalue weighted by molar-refractivity contribution is 6.24. The van der Waals surface area contributed by atoms with E-state index in [1.165, 1.54) is 25.3 Å². The Bertz CT molecular complexity index is 1220. The van der Waals surface area contributed by atoms with Crippen LogP contribution in [0.1, 0.15) is 34.1 Å². The number of carbonyl (C=O) groups excluding carboxylic acids is 2. The van der Waals surface area contributed by atoms with Gasteiger partial charge < -0.3 is 4.74 Å². The molecule has 158 valence electrons. The average Bonchev–Trinajstić information content (AvgIpc) is 3.09. The maximum atomic E-state index is 13.7. The fraction of sp³-hybridized carbons (Fsp3) is 0.200. The monoisotopic (exact) mass is 426 g/mol. The quantitative estimate of drug-likeness (QED) is 0.359. The molecule has 3 aromatic carbocycles. The minimum atomic E-state index is -0.585. The summed E-state index contributed by atoms with van der Waals surface area (Å²) in [4.78, 5) is 39.7. The van der Waals surface area contributed by atoms with Gasteiger partial charge in [0.15, 0.2) is 0 Å². The van der Waals surface area contributed by atoms with Gasteiger partial charge in [-0.25, -0.2) is 4.90 Å². The maximum absolute atomic E-state index is 13.7. The SMILES string of the molecule is COc1ccc(N2C(=O)[C@H]3C4c5ccccc5C(c5ccccc54)[C@@H]3C2=O)c([N+](=O)[O-])c1. The maximum Gasteiger partial charge on any atom is 0.297 e. The number of nitrogens with zero attached hydrogens (tertiary/aromatic N) is 2. The Kier molecular flexibility index (Phi) is 3.81. The molecule has 1 heterocycles. The Morgan fingerprint density at radius 2 is 1.28 bits per heavy atom. The molecule has 0 aromatic heterocycles. The molecule has 7 rings (SSSR count). The first-order chi connectivity index (χ1) is 15.5. The molecule has 32 heavy (non-hydrogen) atoms. The molecule has 7 nitrogen and oxygen atoms in total. The number of amides is 2. The van der Waals surface area contributed by atoms with Crippen molar-refractivity contribution in [2.24, 2.45) is 11.8 Å². The molecule has 3 aromatic rings. The number of nitro groups is 1. The largest absolute Gasteiger partial charge is 0.496 e. The Hall–Kier alpha value is -4.00. The van der Waals surface area contributed by atoms with Crippen LogP contribution in [0.3, 0.4) is 0 Å². The summed E-state index contributed by atoms with van der Waals surface area (Å²) in [6.07, 6.45) is 0. The molecule has 1 aliphatic heterocycles. The van der Waals surface area contributed by atoms with Crippen LogP contribution in [-0.4, -0.2) is 23.8 Å². The third-order valence-electron chi connectivity index (χ3n) is 7.07. The Balaban J connectivity index is 1.55. The van der Waals surface area contributed by atoms with E-state index in [1.54, 1.807) is 0 Å². The Morgan fingerprint density at radius 3 is 1.69 bits per heavy atom. The van der Waals surface area contributed by atoms with Gasteiger partial charge in [-0.1, -0.05) is 48.5 Å². The molecule has 0 saturated carbocycles. The summed E-state index contributed by atoms with van der Waals surface area (Å²) < 4.78 is 5.11. The Morgan fingerprint density at radius 1 is 0.812 bits per heavy atom. The van der Waals surface area contributed by atoms with Gasteiger partial charge in [0.1, 0.15) is 11.4 Å². The number of ether oxygens (including phenoxy) is 1. The summed E-state index contributed by atoms with van der Waals surface area (Å²) in [5.41, 5.74) is 3.91. The second kappa shape index (κ2) is 6.50. The van der Waals surface area contributed by atoms with Crippen LogP contribution in [0.15, 0.2) is 66.7 Å². The van der Waals surface area contributed by atoms with Crippen molar-refractivity contribution < 1.29 is 19.2 Å². The summed E-state index contributed by atoms with van der Waals surface area (Å²) >= 11 is 0. The Labute approximate surface area is 183 Å². The van der Waals surface area contributed by atoms with Gasteiger partial charge >= 0.3 is 0 Å². The second-order valence-electron chi connectivity index (χ2n) is 8.39. The molecule has 1 fully saturated rings. The highest BCUT2D eigenvalue weighted by atomic mass is 16.6. The number of hydrogen-bond acceptors (Lipinski definition) is 5. The summed E-state index contributed by atoms with van der Waals surface area (Å²) in [6.45, 7) is 0. The van der Waals surface area contributed by atoms with E-state index < -0.39 is 16.8 Å². The van der Waals surface area contributed by atoms with Crippen molar-refractivity contribution in [1.82, 2.24) is 0 Å². The minimum Gasteiger partial charge on any atom is -0.496 e. The number of carbonyl (C=O) groups is 2. The number of imide groups is 1. The van der Waals surface area contributed by atoms with Crippen LogP contribution in [0.4, 0.5) is 11.4 Å². The zero-order valence-electron chi connectivity index (χ0n) is 17.1. The van der Waals surface area contributed by atoms with Gasteiger partial charge in [-0.3, -0.25) is 19.7 Å². The molecule has 2 atom stereocenters. The van der Waals surface area contributed by atoms with E-state index in [9.17, 15) is 19.7 Å². The van der Waals surface area contributed by atoms with Crippen molar-refractivity contribution in [2.45, 2.75) is 11.8 Å². The van der Waals surface area contributed by atoms with Crippen molar-refractivity contribution in [3.05, 3.63) is 99.1 Å². The van der Waals surface area contributed by atoms with E-state index in [4.69, 9.17) is 4.74 Å². The first-order valence-corrected chi connectivity index (χ1v) is 10.4. The molecule has 4 aliphatic rings. The van der Waals surface area contributed by atoms with Crippen molar-refractivity contribution in [2.75, 3.05) is 12.0 Å². The zero-order valence-corrected chi connectivity index (χ0v) is 17.1. The van der Waals surface area contributed by atoms with Gasteiger partial charge in [0.05, 0.1) is 29.9 Å². The fourth-order valence-electron chi connectivity index (χ4n) is 5.88. The first-order valence-electron chi connectivity index (χ1n) is 10.4. The number of benzene rings is 3. The number of methoxy groups -OCH3 is 1. The van der Waals surface area contributed by atoms with Crippen LogP contribution >= 0.6 is 0 Å². The highest BCUT2D eigenvalue weighted by Crippen LogP contribution is 2.61. The standard InChI is InChI=1S/C25H18N2O5/c1-32-13-10-11-18(19(12-13)27(30)31)26-24(28)22-20-14-6-2-3-7-15(14)21(23(22)25(26)29)17-9-5-4-8-16(17)20/h2-12,20-23H,1H3/t20?,21?,22-,23-/m0/s1. The molecule has 3 aliphatic carbocycles. The van der Waals surface area contributed by atoms with Gasteiger partial charge in [-0.15, -0.1) is 0 Å². The summed E-state index contributed by atoms with van der Waals surface area (Å²) in [7, 11) is 1.41. The number of nitro benzene ring substituents is 1. The molecular weight excluding hydrogens is 408 g/mol. The number of anilines is 1. The average molecular weight is 426 g/mol. The topological polar surface area (TPSA) is 89.8 Å². The lowest BCUT2D eigenvalue weighted by molar-refractivity contribution is -0.384. The summed E-state index contributed by atoms with van der Waals surface area (Å²) in [5.74, 6) is -2.15. The molecule has 2 bridgehead atoms. The highest BCUT2D eigenvalue weighted by Gasteiger charge is 2.62. The summed E-state index contributed by atoms with van der Waals surface area (Å²) in [5, 5.41) is 11.8. The fourth-order valence-corrected chi connectivity index (χ4v) is 5.88. The van der Waals surface area contributed by atoms with Crippen LogP contribution in [0.25, 0.3) is 0 Å². The van der Waals surface area contributed by atoms with E-state index >= 15 is 0 Å².